The van der Waals surface area contributed by atoms with Gasteiger partial charge in [-0.3, -0.25) is 4.79 Å². The number of hydrogen-bond donors (Lipinski definition) is 2. The van der Waals surface area contributed by atoms with E-state index >= 15 is 0 Å². The van der Waals surface area contributed by atoms with Gasteiger partial charge < -0.3 is 14.8 Å². The predicted molar refractivity (Wildman–Crippen MR) is 123 cm³/mol. The topological polar surface area (TPSA) is 120 Å². The molecule has 0 saturated heterocycles. The lowest BCUT2D eigenvalue weighted by Gasteiger charge is -2.10. The van der Waals surface area contributed by atoms with Crippen LogP contribution in [-0.2, 0) is 21.4 Å². The highest BCUT2D eigenvalue weighted by Gasteiger charge is 2.21. The minimum absolute atomic E-state index is 0.0620. The average Bonchev–Trinajstić information content (AvgIpc) is 3.09. The third-order valence-electron chi connectivity index (χ3n) is 4.81. The van der Waals surface area contributed by atoms with E-state index in [4.69, 9.17) is 9.47 Å². The third-order valence-corrected chi connectivity index (χ3v) is 7.60. The molecule has 0 saturated carbocycles. The van der Waals surface area contributed by atoms with Crippen molar-refractivity contribution < 1.29 is 22.7 Å². The van der Waals surface area contributed by atoms with E-state index in [1.165, 1.54) is 18.4 Å². The minimum Gasteiger partial charge on any atom is -0.480 e. The molecule has 0 spiro atoms. The Balaban J connectivity index is 1.70. The summed E-state index contributed by atoms with van der Waals surface area (Å²) >= 11 is 1.23. The maximum Gasteiger partial charge on any atom is 0.261 e. The number of carbonyl (C=O) groups is 1. The molecule has 2 aromatic heterocycles. The van der Waals surface area contributed by atoms with Crippen LogP contribution >= 0.6 is 11.3 Å². The van der Waals surface area contributed by atoms with E-state index in [9.17, 15) is 13.2 Å². The summed E-state index contributed by atoms with van der Waals surface area (Å²) in [5, 5.41) is 3.44. The van der Waals surface area contributed by atoms with Crippen molar-refractivity contribution in [3.8, 4) is 5.88 Å². The van der Waals surface area contributed by atoms with Crippen LogP contribution in [0.15, 0.2) is 23.1 Å². The lowest BCUT2D eigenvalue weighted by Crippen LogP contribution is -2.34. The van der Waals surface area contributed by atoms with Crippen molar-refractivity contribution in [1.29, 1.82) is 0 Å². The van der Waals surface area contributed by atoms with E-state index in [1.54, 1.807) is 33.1 Å². The first kappa shape index (κ1) is 24.1. The highest BCUT2D eigenvalue weighted by molar-refractivity contribution is 7.89. The van der Waals surface area contributed by atoms with Crippen LogP contribution in [0.3, 0.4) is 0 Å². The summed E-state index contributed by atoms with van der Waals surface area (Å²) in [6.45, 7) is 5.81. The molecule has 0 aliphatic heterocycles. The number of hydrogen-bond acceptors (Lipinski definition) is 8. The van der Waals surface area contributed by atoms with E-state index < -0.39 is 10.0 Å². The molecule has 11 heteroatoms. The quantitative estimate of drug-likeness (QED) is 0.454. The second-order valence-corrected chi connectivity index (χ2v) is 9.98. The van der Waals surface area contributed by atoms with E-state index in [2.05, 4.69) is 20.0 Å². The molecular formula is C21H26N4O5S2. The number of fused-ring (bicyclic) bond motifs is 1. The number of nitrogens with zero attached hydrogens (tertiary/aromatic N) is 2. The van der Waals surface area contributed by atoms with Gasteiger partial charge in [-0.15, -0.1) is 11.3 Å². The molecule has 2 heterocycles. The Bertz CT molecular complexity index is 1250. The van der Waals surface area contributed by atoms with Crippen molar-refractivity contribution in [2.45, 2.75) is 32.3 Å². The van der Waals surface area contributed by atoms with Gasteiger partial charge in [0.2, 0.25) is 15.9 Å². The number of nitrogens with one attached hydrogen (secondary N) is 2. The maximum absolute atomic E-state index is 12.7. The summed E-state index contributed by atoms with van der Waals surface area (Å²) in [6.07, 6.45) is 0. The van der Waals surface area contributed by atoms with Crippen molar-refractivity contribution in [3.63, 3.8) is 0 Å². The molecule has 0 fully saturated rings. The van der Waals surface area contributed by atoms with Gasteiger partial charge in [0.25, 0.3) is 5.91 Å². The number of benzene rings is 1. The van der Waals surface area contributed by atoms with E-state index in [0.29, 0.717) is 37.9 Å². The highest BCUT2D eigenvalue weighted by Crippen LogP contribution is 2.35. The van der Waals surface area contributed by atoms with E-state index in [1.807, 2.05) is 13.0 Å². The zero-order chi connectivity index (χ0) is 23.5. The molecule has 0 atom stereocenters. The highest BCUT2D eigenvalue weighted by atomic mass is 32.2. The number of thiophene rings is 1. The van der Waals surface area contributed by atoms with Gasteiger partial charge in [0.15, 0.2) is 5.82 Å². The number of rotatable bonds is 9. The Hall–Kier alpha value is -2.60. The van der Waals surface area contributed by atoms with Crippen LogP contribution in [0.25, 0.3) is 10.2 Å². The SMILES string of the molecule is COCc1nc(OC)c2c(C)c(C(=O)NCCNS(=O)(=O)c3cc(C)ccc3C)sc2n1. The molecule has 172 valence electrons. The van der Waals surface area contributed by atoms with Crippen LogP contribution in [0.5, 0.6) is 5.88 Å². The van der Waals surface area contributed by atoms with E-state index in [0.717, 1.165) is 5.56 Å². The van der Waals surface area contributed by atoms with Gasteiger partial charge >= 0.3 is 0 Å². The van der Waals surface area contributed by atoms with Crippen LogP contribution in [-0.4, -0.2) is 51.6 Å². The Labute approximate surface area is 191 Å². The fourth-order valence-electron chi connectivity index (χ4n) is 3.22. The van der Waals surface area contributed by atoms with Crippen LogP contribution in [0.4, 0.5) is 0 Å². The largest absolute Gasteiger partial charge is 0.480 e. The molecule has 0 unspecified atom stereocenters. The summed E-state index contributed by atoms with van der Waals surface area (Å²) in [5.74, 6) is 0.536. The summed E-state index contributed by atoms with van der Waals surface area (Å²) in [6, 6.07) is 5.26. The lowest BCUT2D eigenvalue weighted by atomic mass is 10.2. The fourth-order valence-corrected chi connectivity index (χ4v) is 5.68. The van der Waals surface area contributed by atoms with Crippen molar-refractivity contribution in [2.75, 3.05) is 27.3 Å². The minimum atomic E-state index is -3.67. The Morgan fingerprint density at radius 3 is 2.56 bits per heavy atom. The number of aromatic nitrogens is 2. The third kappa shape index (κ3) is 5.07. The van der Waals surface area contributed by atoms with Crippen LogP contribution in [0.1, 0.15) is 32.2 Å². The summed E-state index contributed by atoms with van der Waals surface area (Å²) in [7, 11) is -0.609. The first-order valence-electron chi connectivity index (χ1n) is 9.86. The van der Waals surface area contributed by atoms with Gasteiger partial charge in [-0.2, -0.15) is 4.98 Å². The van der Waals surface area contributed by atoms with Crippen molar-refractivity contribution in [1.82, 2.24) is 20.0 Å². The van der Waals surface area contributed by atoms with Gasteiger partial charge in [-0.1, -0.05) is 12.1 Å². The average molecular weight is 479 g/mol. The molecule has 0 radical (unpaired) electrons. The fraction of sp³-hybridized carbons (Fsp3) is 0.381. The summed E-state index contributed by atoms with van der Waals surface area (Å²) < 4.78 is 38.2. The maximum atomic E-state index is 12.7. The smallest absolute Gasteiger partial charge is 0.261 e. The molecule has 3 rings (SSSR count). The van der Waals surface area contributed by atoms with Gasteiger partial charge in [-0.25, -0.2) is 18.1 Å². The molecular weight excluding hydrogens is 452 g/mol. The number of ether oxygens (including phenoxy) is 2. The lowest BCUT2D eigenvalue weighted by molar-refractivity contribution is 0.0958. The number of amides is 1. The second kappa shape index (κ2) is 9.90. The Kier molecular flexibility index (Phi) is 7.44. The number of carbonyl (C=O) groups excluding carboxylic acids is 1. The van der Waals surface area contributed by atoms with Crippen molar-refractivity contribution >= 4 is 37.5 Å². The molecule has 0 aliphatic rings. The first-order valence-corrected chi connectivity index (χ1v) is 12.2. The van der Waals surface area contributed by atoms with Gasteiger partial charge in [0.1, 0.15) is 11.4 Å². The summed E-state index contributed by atoms with van der Waals surface area (Å²) in [4.78, 5) is 22.9. The Morgan fingerprint density at radius 1 is 1.12 bits per heavy atom. The van der Waals surface area contributed by atoms with Gasteiger partial charge in [-0.05, 0) is 43.5 Å². The van der Waals surface area contributed by atoms with Crippen LogP contribution in [0, 0.1) is 20.8 Å². The van der Waals surface area contributed by atoms with Crippen LogP contribution in [0.2, 0.25) is 0 Å². The number of aryl methyl sites for hydroxylation is 3. The monoisotopic (exact) mass is 478 g/mol. The van der Waals surface area contributed by atoms with Gasteiger partial charge in [0.05, 0.1) is 22.3 Å². The van der Waals surface area contributed by atoms with Crippen molar-refractivity contribution in [2.24, 2.45) is 0 Å². The molecule has 9 nitrogen and oxygen atoms in total. The molecule has 0 aliphatic carbocycles. The molecule has 32 heavy (non-hydrogen) atoms. The zero-order valence-corrected chi connectivity index (χ0v) is 20.2. The second-order valence-electron chi connectivity index (χ2n) is 7.24. The predicted octanol–water partition coefficient (Wildman–Crippen LogP) is 2.48. The van der Waals surface area contributed by atoms with E-state index in [-0.39, 0.29) is 30.5 Å². The molecule has 2 N–H and O–H groups in total. The standard InChI is InChI=1S/C21H26N4O5S2/c1-12-6-7-13(2)15(10-12)32(27,28)23-9-8-22-19(26)18-14(3)17-20(30-5)24-16(11-29-4)25-21(17)31-18/h6-7,10,23H,8-9,11H2,1-5H3,(H,22,26). The van der Waals surface area contributed by atoms with Crippen LogP contribution < -0.4 is 14.8 Å². The van der Waals surface area contributed by atoms with Gasteiger partial charge in [0, 0.05) is 20.2 Å². The summed E-state index contributed by atoms with van der Waals surface area (Å²) in [5.41, 5.74) is 2.23. The first-order chi connectivity index (χ1) is 15.2. The Morgan fingerprint density at radius 2 is 1.88 bits per heavy atom. The molecule has 3 aromatic rings. The molecule has 1 amide bonds. The normalized spacial score (nSPS) is 11.7. The zero-order valence-electron chi connectivity index (χ0n) is 18.6. The molecule has 0 bridgehead atoms. The number of methoxy groups -OCH3 is 2. The molecule has 1 aromatic carbocycles. The van der Waals surface area contributed by atoms with Crippen molar-refractivity contribution in [3.05, 3.63) is 45.6 Å². The number of sulfonamides is 1.